The van der Waals surface area contributed by atoms with E-state index in [1.165, 1.54) is 0 Å². The molecule has 1 heterocycles. The van der Waals surface area contributed by atoms with Gasteiger partial charge < -0.3 is 20.8 Å². The third-order valence-corrected chi connectivity index (χ3v) is 4.90. The summed E-state index contributed by atoms with van der Waals surface area (Å²) >= 11 is 5.98. The highest BCUT2D eigenvalue weighted by atomic mass is 35.5. The second kappa shape index (κ2) is 8.75. The summed E-state index contributed by atoms with van der Waals surface area (Å²) in [6.07, 6.45) is 1.84. The summed E-state index contributed by atoms with van der Waals surface area (Å²) < 4.78 is 5.06. The number of amides is 1. The summed E-state index contributed by atoms with van der Waals surface area (Å²) in [7, 11) is 0. The van der Waals surface area contributed by atoms with Crippen molar-refractivity contribution in [2.75, 3.05) is 6.61 Å². The second-order valence-electron chi connectivity index (χ2n) is 6.42. The van der Waals surface area contributed by atoms with E-state index in [4.69, 9.17) is 22.1 Å². The molecule has 0 aliphatic heterocycles. The molecule has 1 aliphatic carbocycles. The van der Waals surface area contributed by atoms with Crippen LogP contribution in [0.3, 0.4) is 0 Å². The number of nitrogens with one attached hydrogen (secondary N) is 2. The van der Waals surface area contributed by atoms with Crippen LogP contribution in [0.5, 0.6) is 0 Å². The maximum Gasteiger partial charge on any atom is 0.308 e. The summed E-state index contributed by atoms with van der Waals surface area (Å²) in [5.41, 5.74) is 7.50. The van der Waals surface area contributed by atoms with E-state index in [0.717, 1.165) is 10.9 Å². The smallest absolute Gasteiger partial charge is 0.308 e. The number of nitrogens with two attached hydrogens (primary N) is 1. The van der Waals surface area contributed by atoms with E-state index < -0.39 is 0 Å². The van der Waals surface area contributed by atoms with Crippen molar-refractivity contribution in [2.45, 2.75) is 38.3 Å². The lowest BCUT2D eigenvalue weighted by Crippen LogP contribution is -2.52. The minimum absolute atomic E-state index is 0. The molecule has 1 aromatic carbocycles. The number of esters is 1. The minimum atomic E-state index is -0.272. The molecule has 0 saturated heterocycles. The number of fused-ring (bicyclic) bond motifs is 1. The van der Waals surface area contributed by atoms with Gasteiger partial charge in [0.25, 0.3) is 5.91 Å². The molecule has 3 atom stereocenters. The van der Waals surface area contributed by atoms with Crippen LogP contribution in [0.15, 0.2) is 24.3 Å². The molecule has 2 aromatic rings. The number of H-pyrrole nitrogens is 1. The first-order valence-corrected chi connectivity index (χ1v) is 8.87. The summed E-state index contributed by atoms with van der Waals surface area (Å²) in [4.78, 5) is 27.4. The average molecular weight is 400 g/mol. The Kier molecular flexibility index (Phi) is 6.92. The SMILES string of the molecule is CCOC(=O)[C@@H]1CCC(NC(=O)c2cc3cc(Cl)ccc3[nH]2)C(N)C1.Cl. The van der Waals surface area contributed by atoms with E-state index in [0.29, 0.717) is 36.6 Å². The van der Waals surface area contributed by atoms with Crippen molar-refractivity contribution >= 4 is 46.8 Å². The predicted molar refractivity (Wildman–Crippen MR) is 104 cm³/mol. The van der Waals surface area contributed by atoms with E-state index in [1.807, 2.05) is 6.07 Å². The molecule has 142 valence electrons. The maximum atomic E-state index is 12.5. The number of hydrogen-bond donors (Lipinski definition) is 3. The molecule has 2 unspecified atom stereocenters. The monoisotopic (exact) mass is 399 g/mol. The maximum absolute atomic E-state index is 12.5. The summed E-state index contributed by atoms with van der Waals surface area (Å²) in [5.74, 6) is -0.587. The normalized spacial score (nSPS) is 22.5. The number of hydrogen-bond acceptors (Lipinski definition) is 4. The Bertz CT molecular complexity index is 793. The van der Waals surface area contributed by atoms with Gasteiger partial charge in [0.1, 0.15) is 5.69 Å². The van der Waals surface area contributed by atoms with Crippen molar-refractivity contribution in [1.29, 1.82) is 0 Å². The third-order valence-electron chi connectivity index (χ3n) is 4.66. The Morgan fingerprint density at radius 1 is 1.35 bits per heavy atom. The zero-order valence-electron chi connectivity index (χ0n) is 14.5. The lowest BCUT2D eigenvalue weighted by Gasteiger charge is -2.33. The van der Waals surface area contributed by atoms with Crippen LogP contribution < -0.4 is 11.1 Å². The van der Waals surface area contributed by atoms with Gasteiger partial charge in [-0.2, -0.15) is 0 Å². The lowest BCUT2D eigenvalue weighted by atomic mass is 9.82. The molecule has 3 rings (SSSR count). The average Bonchev–Trinajstić information content (AvgIpc) is 3.00. The fourth-order valence-corrected chi connectivity index (χ4v) is 3.51. The number of benzene rings is 1. The molecule has 26 heavy (non-hydrogen) atoms. The molecule has 1 fully saturated rings. The molecule has 1 amide bonds. The number of rotatable bonds is 4. The predicted octanol–water partition coefficient (Wildman–Crippen LogP) is 3.03. The van der Waals surface area contributed by atoms with E-state index in [9.17, 15) is 9.59 Å². The summed E-state index contributed by atoms with van der Waals surface area (Å²) in [6.45, 7) is 2.16. The van der Waals surface area contributed by atoms with Crippen LogP contribution in [0.4, 0.5) is 0 Å². The van der Waals surface area contributed by atoms with Gasteiger partial charge >= 0.3 is 5.97 Å². The second-order valence-corrected chi connectivity index (χ2v) is 6.86. The number of aromatic nitrogens is 1. The van der Waals surface area contributed by atoms with E-state index >= 15 is 0 Å². The van der Waals surface area contributed by atoms with Crippen LogP contribution in [0.1, 0.15) is 36.7 Å². The van der Waals surface area contributed by atoms with Crippen molar-refractivity contribution in [3.05, 3.63) is 35.0 Å². The quantitative estimate of drug-likeness (QED) is 0.688. The van der Waals surface area contributed by atoms with Gasteiger partial charge in [0.05, 0.1) is 12.5 Å². The molecule has 0 bridgehead atoms. The van der Waals surface area contributed by atoms with Gasteiger partial charge in [0, 0.05) is 28.0 Å². The minimum Gasteiger partial charge on any atom is -0.466 e. The van der Waals surface area contributed by atoms with Crippen molar-refractivity contribution in [3.8, 4) is 0 Å². The topological polar surface area (TPSA) is 97.2 Å². The zero-order valence-corrected chi connectivity index (χ0v) is 16.0. The van der Waals surface area contributed by atoms with Crippen molar-refractivity contribution in [2.24, 2.45) is 11.7 Å². The molecule has 8 heteroatoms. The summed E-state index contributed by atoms with van der Waals surface area (Å²) in [5, 5.41) is 4.48. The number of ether oxygens (including phenoxy) is 1. The Balaban J connectivity index is 0.00000243. The standard InChI is InChI=1S/C18H22ClN3O3.ClH/c1-2-25-18(24)10-3-5-15(13(20)8-10)22-17(23)16-9-11-7-12(19)4-6-14(11)21-16;/h4,6-7,9-10,13,15,21H,2-3,5,8,20H2,1H3,(H,22,23);1H/t10-,13?,15?;/m1./s1. The number of carbonyl (C=O) groups excluding carboxylic acids is 2. The fraction of sp³-hybridized carbons (Fsp3) is 0.444. The van der Waals surface area contributed by atoms with Crippen LogP contribution in [-0.2, 0) is 9.53 Å². The first-order valence-electron chi connectivity index (χ1n) is 8.49. The largest absolute Gasteiger partial charge is 0.466 e. The molecule has 1 aliphatic rings. The van der Waals surface area contributed by atoms with Gasteiger partial charge in [-0.25, -0.2) is 0 Å². The highest BCUT2D eigenvalue weighted by Gasteiger charge is 2.33. The van der Waals surface area contributed by atoms with Crippen LogP contribution in [0.2, 0.25) is 5.02 Å². The van der Waals surface area contributed by atoms with E-state index in [-0.39, 0.29) is 42.3 Å². The van der Waals surface area contributed by atoms with Gasteiger partial charge in [-0.3, -0.25) is 9.59 Å². The van der Waals surface area contributed by atoms with Crippen molar-refractivity contribution in [1.82, 2.24) is 10.3 Å². The Hall–Kier alpha value is -1.76. The first kappa shape index (κ1) is 20.6. The Morgan fingerprint density at radius 2 is 2.12 bits per heavy atom. The summed E-state index contributed by atoms with van der Waals surface area (Å²) in [6, 6.07) is 6.76. The van der Waals surface area contributed by atoms with Crippen molar-refractivity contribution < 1.29 is 14.3 Å². The van der Waals surface area contributed by atoms with Crippen LogP contribution >= 0.6 is 24.0 Å². The lowest BCUT2D eigenvalue weighted by molar-refractivity contribution is -0.149. The van der Waals surface area contributed by atoms with Gasteiger partial charge in [-0.15, -0.1) is 12.4 Å². The first-order chi connectivity index (χ1) is 12.0. The van der Waals surface area contributed by atoms with Crippen LogP contribution in [-0.4, -0.2) is 35.6 Å². The molecular weight excluding hydrogens is 377 g/mol. The van der Waals surface area contributed by atoms with Gasteiger partial charge in [-0.1, -0.05) is 11.6 Å². The fourth-order valence-electron chi connectivity index (χ4n) is 3.33. The number of halogens is 2. The molecular formula is C18H23Cl2N3O3. The molecule has 0 radical (unpaired) electrons. The Morgan fingerprint density at radius 3 is 2.81 bits per heavy atom. The van der Waals surface area contributed by atoms with Gasteiger partial charge in [0.15, 0.2) is 0 Å². The van der Waals surface area contributed by atoms with Gasteiger partial charge in [-0.05, 0) is 50.5 Å². The van der Waals surface area contributed by atoms with E-state index in [1.54, 1.807) is 25.1 Å². The highest BCUT2D eigenvalue weighted by molar-refractivity contribution is 6.31. The third kappa shape index (κ3) is 4.50. The molecule has 4 N–H and O–H groups in total. The van der Waals surface area contributed by atoms with Crippen LogP contribution in [0.25, 0.3) is 10.9 Å². The molecule has 1 saturated carbocycles. The van der Waals surface area contributed by atoms with E-state index in [2.05, 4.69) is 10.3 Å². The van der Waals surface area contributed by atoms with Crippen molar-refractivity contribution in [3.63, 3.8) is 0 Å². The highest BCUT2D eigenvalue weighted by Crippen LogP contribution is 2.25. The van der Waals surface area contributed by atoms with Crippen LogP contribution in [0, 0.1) is 5.92 Å². The number of aromatic amines is 1. The zero-order chi connectivity index (χ0) is 18.0. The Labute approximate surface area is 163 Å². The molecule has 0 spiro atoms. The molecule has 1 aromatic heterocycles. The molecule has 6 nitrogen and oxygen atoms in total. The van der Waals surface area contributed by atoms with Gasteiger partial charge in [0.2, 0.25) is 0 Å². The number of carbonyl (C=O) groups is 2.